The number of hydrogen-bond donors (Lipinski definition) is 0. The van der Waals surface area contributed by atoms with E-state index < -0.39 is 0 Å². The Balaban J connectivity index is 1.98. The summed E-state index contributed by atoms with van der Waals surface area (Å²) in [5.74, 6) is 0.455. The third-order valence-corrected chi connectivity index (χ3v) is 3.48. The van der Waals surface area contributed by atoms with Crippen LogP contribution in [0.1, 0.15) is 29.5 Å². The minimum Gasteiger partial charge on any atom is -0.0716 e. The lowest BCUT2D eigenvalue weighted by Crippen LogP contribution is -1.96. The van der Waals surface area contributed by atoms with E-state index in [4.69, 9.17) is 0 Å². The number of fused-ring (bicyclic) bond motifs is 1. The average Bonchev–Trinajstić information content (AvgIpc) is 2.83. The molecule has 0 nitrogen and oxygen atoms in total. The van der Waals surface area contributed by atoms with E-state index in [0.717, 1.165) is 0 Å². The van der Waals surface area contributed by atoms with Gasteiger partial charge in [-0.3, -0.25) is 0 Å². The molecule has 0 fully saturated rings. The molecule has 17 heavy (non-hydrogen) atoms. The van der Waals surface area contributed by atoms with Crippen LogP contribution in [0.4, 0.5) is 0 Å². The fourth-order valence-corrected chi connectivity index (χ4v) is 2.47. The third-order valence-electron chi connectivity index (χ3n) is 3.48. The van der Waals surface area contributed by atoms with Crippen molar-refractivity contribution in [3.05, 3.63) is 83.8 Å². The molecule has 83 valence electrons. The summed E-state index contributed by atoms with van der Waals surface area (Å²) in [5.41, 5.74) is 5.52. The Morgan fingerprint density at radius 1 is 0.824 bits per heavy atom. The highest BCUT2D eigenvalue weighted by atomic mass is 14.2. The van der Waals surface area contributed by atoms with Gasteiger partial charge in [-0.2, -0.15) is 0 Å². The minimum atomic E-state index is 0.455. The normalized spacial score (nSPS) is 15.2. The summed E-state index contributed by atoms with van der Waals surface area (Å²) in [6.07, 6.45) is 4.46. The van der Waals surface area contributed by atoms with E-state index in [2.05, 4.69) is 74.0 Å². The zero-order chi connectivity index (χ0) is 11.7. The zero-order valence-electron chi connectivity index (χ0n) is 9.93. The van der Waals surface area contributed by atoms with Crippen molar-refractivity contribution in [1.29, 1.82) is 0 Å². The van der Waals surface area contributed by atoms with Gasteiger partial charge >= 0.3 is 0 Å². The summed E-state index contributed by atoms with van der Waals surface area (Å²) >= 11 is 0. The molecule has 0 heterocycles. The number of hydrogen-bond acceptors (Lipinski definition) is 0. The Morgan fingerprint density at radius 2 is 1.53 bits per heavy atom. The number of allylic oxidation sites excluding steroid dienone is 2. The van der Waals surface area contributed by atoms with Gasteiger partial charge in [0.15, 0.2) is 0 Å². The minimum absolute atomic E-state index is 0.455. The van der Waals surface area contributed by atoms with Crippen LogP contribution in [0.3, 0.4) is 0 Å². The lowest BCUT2D eigenvalue weighted by atomic mass is 9.89. The quantitative estimate of drug-likeness (QED) is 0.700. The molecule has 1 unspecified atom stereocenters. The fraction of sp³-hybridized carbons (Fsp3) is 0.118. The Labute approximate surface area is 103 Å². The first-order valence-electron chi connectivity index (χ1n) is 6.05. The predicted molar refractivity (Wildman–Crippen MR) is 72.7 cm³/mol. The van der Waals surface area contributed by atoms with Crippen molar-refractivity contribution in [3.63, 3.8) is 0 Å². The predicted octanol–water partition coefficient (Wildman–Crippen LogP) is 4.44. The molecule has 0 saturated carbocycles. The van der Waals surface area contributed by atoms with Crippen LogP contribution in [0.2, 0.25) is 0 Å². The van der Waals surface area contributed by atoms with Crippen LogP contribution < -0.4 is 0 Å². The second-order valence-electron chi connectivity index (χ2n) is 4.51. The molecule has 1 aliphatic rings. The van der Waals surface area contributed by atoms with Gasteiger partial charge in [0.1, 0.15) is 0 Å². The van der Waals surface area contributed by atoms with Crippen molar-refractivity contribution in [3.8, 4) is 0 Å². The topological polar surface area (TPSA) is 0 Å². The molecule has 0 saturated heterocycles. The molecule has 2 aromatic carbocycles. The Kier molecular flexibility index (Phi) is 2.56. The van der Waals surface area contributed by atoms with Crippen molar-refractivity contribution in [2.45, 2.75) is 12.8 Å². The van der Waals surface area contributed by atoms with Crippen molar-refractivity contribution in [2.24, 2.45) is 0 Å². The molecule has 1 atom stereocenters. The van der Waals surface area contributed by atoms with Crippen LogP contribution in [-0.4, -0.2) is 0 Å². The standard InChI is InChI=1S/C17H15/c1-13(14-7-3-2-4-8-14)16-12-11-15-9-5-6-10-17(15)16/h2-13H,1H3. The molecule has 0 aromatic heterocycles. The molecule has 0 spiro atoms. The Bertz CT molecular complexity index is 549. The molecule has 1 radical (unpaired) electrons. The van der Waals surface area contributed by atoms with E-state index in [-0.39, 0.29) is 0 Å². The smallest absolute Gasteiger partial charge is 0.0134 e. The lowest BCUT2D eigenvalue weighted by molar-refractivity contribution is 0.992. The molecule has 0 N–H and O–H groups in total. The van der Waals surface area contributed by atoms with E-state index >= 15 is 0 Å². The fourth-order valence-electron chi connectivity index (χ4n) is 2.47. The van der Waals surface area contributed by atoms with Crippen LogP contribution in [0.15, 0.2) is 60.7 Å². The van der Waals surface area contributed by atoms with Gasteiger partial charge in [-0.25, -0.2) is 0 Å². The molecular weight excluding hydrogens is 204 g/mol. The van der Waals surface area contributed by atoms with Crippen LogP contribution >= 0.6 is 0 Å². The van der Waals surface area contributed by atoms with Crippen molar-refractivity contribution >= 4 is 5.57 Å². The maximum absolute atomic E-state index is 2.27. The molecule has 0 aliphatic heterocycles. The van der Waals surface area contributed by atoms with Crippen LogP contribution in [0.5, 0.6) is 0 Å². The molecule has 1 aliphatic carbocycles. The third kappa shape index (κ3) is 1.80. The highest BCUT2D eigenvalue weighted by molar-refractivity contribution is 5.80. The van der Waals surface area contributed by atoms with E-state index in [1.807, 2.05) is 0 Å². The summed E-state index contributed by atoms with van der Waals surface area (Å²) < 4.78 is 0. The largest absolute Gasteiger partial charge is 0.0716 e. The molecule has 2 aromatic rings. The highest BCUT2D eigenvalue weighted by Crippen LogP contribution is 2.38. The summed E-state index contributed by atoms with van der Waals surface area (Å²) in [6.45, 7) is 2.27. The van der Waals surface area contributed by atoms with E-state index in [9.17, 15) is 0 Å². The molecular formula is C17H15. The highest BCUT2D eigenvalue weighted by Gasteiger charge is 2.19. The van der Waals surface area contributed by atoms with Gasteiger partial charge in [-0.15, -0.1) is 0 Å². The van der Waals surface area contributed by atoms with Gasteiger partial charge < -0.3 is 0 Å². The molecule has 0 heteroatoms. The van der Waals surface area contributed by atoms with Gasteiger partial charge in [0, 0.05) is 12.3 Å². The summed E-state index contributed by atoms with van der Waals surface area (Å²) in [5, 5.41) is 0. The summed E-state index contributed by atoms with van der Waals surface area (Å²) in [7, 11) is 0. The Morgan fingerprint density at radius 3 is 2.35 bits per heavy atom. The van der Waals surface area contributed by atoms with Crippen LogP contribution in [0, 0.1) is 6.42 Å². The van der Waals surface area contributed by atoms with Gasteiger partial charge in [0.2, 0.25) is 0 Å². The van der Waals surface area contributed by atoms with Gasteiger partial charge in [-0.1, -0.05) is 67.6 Å². The van der Waals surface area contributed by atoms with E-state index in [1.54, 1.807) is 0 Å². The monoisotopic (exact) mass is 219 g/mol. The zero-order valence-corrected chi connectivity index (χ0v) is 9.93. The summed E-state index contributed by atoms with van der Waals surface area (Å²) in [4.78, 5) is 0. The maximum Gasteiger partial charge on any atom is 0.0134 e. The van der Waals surface area contributed by atoms with Crippen molar-refractivity contribution < 1.29 is 0 Å². The number of rotatable bonds is 2. The molecule has 0 bridgehead atoms. The SMILES string of the molecule is CC(C1=C[CH]c2ccccc21)c1ccccc1. The summed E-state index contributed by atoms with van der Waals surface area (Å²) in [6, 6.07) is 19.3. The second kappa shape index (κ2) is 4.21. The lowest BCUT2D eigenvalue weighted by Gasteiger charge is -2.15. The van der Waals surface area contributed by atoms with Crippen LogP contribution in [-0.2, 0) is 0 Å². The number of benzene rings is 2. The molecule has 3 rings (SSSR count). The van der Waals surface area contributed by atoms with Crippen molar-refractivity contribution in [2.75, 3.05) is 0 Å². The van der Waals surface area contributed by atoms with Gasteiger partial charge in [-0.05, 0) is 22.3 Å². The van der Waals surface area contributed by atoms with Gasteiger partial charge in [0.05, 0.1) is 0 Å². The molecule has 0 amide bonds. The maximum atomic E-state index is 2.27. The first-order valence-corrected chi connectivity index (χ1v) is 6.05. The van der Waals surface area contributed by atoms with E-state index in [0.29, 0.717) is 5.92 Å². The first kappa shape index (κ1) is 10.3. The van der Waals surface area contributed by atoms with Crippen LogP contribution in [0.25, 0.3) is 5.57 Å². The van der Waals surface area contributed by atoms with Crippen molar-refractivity contribution in [1.82, 2.24) is 0 Å². The van der Waals surface area contributed by atoms with E-state index in [1.165, 1.54) is 22.3 Å². The average molecular weight is 219 g/mol. The first-order chi connectivity index (χ1) is 8.36. The van der Waals surface area contributed by atoms with Gasteiger partial charge in [0.25, 0.3) is 0 Å². The Hall–Kier alpha value is -1.82. The second-order valence-corrected chi connectivity index (χ2v) is 4.51.